The van der Waals surface area contributed by atoms with Crippen LogP contribution in [0.15, 0.2) is 41.3 Å². The molecule has 162 valence electrons. The third-order valence-electron chi connectivity index (χ3n) is 6.11. The van der Waals surface area contributed by atoms with Crippen molar-refractivity contribution in [2.75, 3.05) is 13.2 Å². The van der Waals surface area contributed by atoms with Crippen LogP contribution in [0.2, 0.25) is 5.02 Å². The monoisotopic (exact) mass is 456 g/mol. The predicted molar refractivity (Wildman–Crippen MR) is 110 cm³/mol. The van der Waals surface area contributed by atoms with E-state index in [1.165, 1.54) is 24.3 Å². The van der Waals surface area contributed by atoms with Crippen LogP contribution >= 0.6 is 11.6 Å². The lowest BCUT2D eigenvalue weighted by Crippen LogP contribution is -2.56. The molecule has 0 spiro atoms. The Hall–Kier alpha value is -1.70. The summed E-state index contributed by atoms with van der Waals surface area (Å²) in [6.07, 6.45) is 1.63. The smallest absolute Gasteiger partial charge is 0.188 e. The first-order valence-electron chi connectivity index (χ1n) is 10.1. The highest BCUT2D eigenvalue weighted by Crippen LogP contribution is 2.57. The molecule has 0 N–H and O–H groups in total. The lowest BCUT2D eigenvalue weighted by molar-refractivity contribution is -0.0510. The number of fused-ring (bicyclic) bond motifs is 3. The first-order chi connectivity index (χ1) is 14.3. The summed E-state index contributed by atoms with van der Waals surface area (Å²) in [6, 6.07) is 7.71. The van der Waals surface area contributed by atoms with Gasteiger partial charge in [-0.05, 0) is 62.1 Å². The average molecular weight is 457 g/mol. The topological polar surface area (TPSA) is 52.6 Å². The van der Waals surface area contributed by atoms with Crippen LogP contribution in [0, 0.1) is 17.6 Å². The van der Waals surface area contributed by atoms with Crippen molar-refractivity contribution >= 4 is 21.4 Å². The number of hydrogen-bond acceptors (Lipinski definition) is 4. The van der Waals surface area contributed by atoms with Crippen LogP contribution in [0.25, 0.3) is 0 Å². The zero-order valence-corrected chi connectivity index (χ0v) is 18.1. The third kappa shape index (κ3) is 3.22. The fourth-order valence-electron chi connectivity index (χ4n) is 4.81. The van der Waals surface area contributed by atoms with E-state index in [-0.39, 0.29) is 29.2 Å². The minimum Gasteiger partial charge on any atom is -0.490 e. The van der Waals surface area contributed by atoms with Crippen molar-refractivity contribution in [2.24, 2.45) is 5.92 Å². The Kier molecular flexibility index (Phi) is 5.81. The number of sulfone groups is 1. The Morgan fingerprint density at radius 2 is 1.87 bits per heavy atom. The van der Waals surface area contributed by atoms with E-state index >= 15 is 4.39 Å². The van der Waals surface area contributed by atoms with Gasteiger partial charge in [0.05, 0.1) is 23.2 Å². The summed E-state index contributed by atoms with van der Waals surface area (Å²) in [5, 5.41) is 0.389. The standard InChI is InChI=1S/C22H23ClF2O4S/c1-2-12-28-19-4-3-11-22(30(26,27)15-7-5-14(23)6-8-15)16(19)13-29-21-18(25)10-9-17(24)20(21)22/h5-10,16,19H,2-4,11-13H2,1H3/t16-,19+,22-/m1/s1. The van der Waals surface area contributed by atoms with Gasteiger partial charge >= 0.3 is 0 Å². The van der Waals surface area contributed by atoms with E-state index < -0.39 is 38.2 Å². The molecule has 4 nitrogen and oxygen atoms in total. The van der Waals surface area contributed by atoms with E-state index in [1.807, 2.05) is 6.92 Å². The molecule has 1 heterocycles. The van der Waals surface area contributed by atoms with Gasteiger partial charge in [0, 0.05) is 17.5 Å². The van der Waals surface area contributed by atoms with E-state index in [1.54, 1.807) is 0 Å². The minimum absolute atomic E-state index is 0.0181. The number of benzene rings is 2. The Morgan fingerprint density at radius 3 is 2.57 bits per heavy atom. The normalized spacial score (nSPS) is 25.9. The van der Waals surface area contributed by atoms with Crippen LogP contribution in [0.3, 0.4) is 0 Å². The van der Waals surface area contributed by atoms with E-state index in [0.29, 0.717) is 24.5 Å². The van der Waals surface area contributed by atoms with E-state index in [4.69, 9.17) is 21.1 Å². The maximum absolute atomic E-state index is 15.2. The predicted octanol–water partition coefficient (Wildman–Crippen LogP) is 5.28. The summed E-state index contributed by atoms with van der Waals surface area (Å²) < 4.78 is 67.8. The van der Waals surface area contributed by atoms with Gasteiger partial charge in [0.25, 0.3) is 0 Å². The van der Waals surface area contributed by atoms with Crippen molar-refractivity contribution in [3.8, 4) is 5.75 Å². The average Bonchev–Trinajstić information content (AvgIpc) is 2.74. The molecule has 1 fully saturated rings. The molecule has 0 unspecified atom stereocenters. The molecule has 0 bridgehead atoms. The van der Waals surface area contributed by atoms with Gasteiger partial charge in [0.1, 0.15) is 10.6 Å². The lowest BCUT2D eigenvalue weighted by atomic mass is 9.71. The highest BCUT2D eigenvalue weighted by Gasteiger charge is 2.61. The fourth-order valence-corrected chi connectivity index (χ4v) is 7.34. The van der Waals surface area contributed by atoms with Gasteiger partial charge in [-0.25, -0.2) is 17.2 Å². The molecule has 1 aliphatic heterocycles. The third-order valence-corrected chi connectivity index (χ3v) is 8.93. The van der Waals surface area contributed by atoms with Crippen molar-refractivity contribution < 1.29 is 26.7 Å². The summed E-state index contributed by atoms with van der Waals surface area (Å²) in [7, 11) is -4.14. The van der Waals surface area contributed by atoms with Crippen molar-refractivity contribution in [1.29, 1.82) is 0 Å². The van der Waals surface area contributed by atoms with Crippen molar-refractivity contribution in [1.82, 2.24) is 0 Å². The molecule has 8 heteroatoms. The zero-order chi connectivity index (χ0) is 21.5. The number of ether oxygens (including phenoxy) is 2. The highest BCUT2D eigenvalue weighted by atomic mass is 35.5. The van der Waals surface area contributed by atoms with E-state index in [2.05, 4.69) is 0 Å². The minimum atomic E-state index is -4.14. The molecule has 1 saturated carbocycles. The van der Waals surface area contributed by atoms with Gasteiger partial charge in [-0.2, -0.15) is 0 Å². The maximum atomic E-state index is 15.2. The van der Waals surface area contributed by atoms with Crippen LogP contribution in [0.4, 0.5) is 8.78 Å². The van der Waals surface area contributed by atoms with Gasteiger partial charge in [0.2, 0.25) is 0 Å². The molecule has 1 aliphatic carbocycles. The van der Waals surface area contributed by atoms with Crippen LogP contribution in [-0.4, -0.2) is 27.7 Å². The van der Waals surface area contributed by atoms with E-state index in [9.17, 15) is 12.8 Å². The quantitative estimate of drug-likeness (QED) is 0.614. The van der Waals surface area contributed by atoms with Crippen LogP contribution in [0.1, 0.15) is 38.2 Å². The second-order valence-electron chi connectivity index (χ2n) is 7.80. The SMILES string of the molecule is CCCO[C@H]1CCC[C@]2(S(=O)(=O)c3ccc(Cl)cc3)c3c(F)ccc(F)c3OC[C@H]12. The molecular weight excluding hydrogens is 434 g/mol. The summed E-state index contributed by atoms with van der Waals surface area (Å²) in [4.78, 5) is 0.0181. The summed E-state index contributed by atoms with van der Waals surface area (Å²) in [5.74, 6) is -2.54. The molecule has 2 aromatic rings. The fraction of sp³-hybridized carbons (Fsp3) is 0.455. The van der Waals surface area contributed by atoms with Gasteiger partial charge in [-0.15, -0.1) is 0 Å². The van der Waals surface area contributed by atoms with Gasteiger partial charge < -0.3 is 9.47 Å². The van der Waals surface area contributed by atoms with Crippen molar-refractivity contribution in [3.05, 3.63) is 58.6 Å². The van der Waals surface area contributed by atoms with Gasteiger partial charge in [-0.3, -0.25) is 0 Å². The van der Waals surface area contributed by atoms with Crippen molar-refractivity contribution in [3.63, 3.8) is 0 Å². The Balaban J connectivity index is 1.97. The highest BCUT2D eigenvalue weighted by molar-refractivity contribution is 7.92. The number of hydrogen-bond donors (Lipinski definition) is 0. The first kappa shape index (κ1) is 21.5. The summed E-state index contributed by atoms with van der Waals surface area (Å²) in [5.41, 5.74) is -0.224. The summed E-state index contributed by atoms with van der Waals surface area (Å²) >= 11 is 5.95. The lowest BCUT2D eigenvalue weighted by Gasteiger charge is -2.50. The van der Waals surface area contributed by atoms with Crippen LogP contribution < -0.4 is 4.74 Å². The molecule has 0 saturated heterocycles. The molecule has 0 amide bonds. The summed E-state index contributed by atoms with van der Waals surface area (Å²) in [6.45, 7) is 2.35. The maximum Gasteiger partial charge on any atom is 0.188 e. The largest absolute Gasteiger partial charge is 0.490 e. The molecule has 4 rings (SSSR count). The Morgan fingerprint density at radius 1 is 1.17 bits per heavy atom. The second kappa shape index (κ2) is 8.09. The Labute approximate surface area is 180 Å². The molecular formula is C22H23ClF2O4S. The molecule has 0 aromatic heterocycles. The number of halogens is 3. The molecule has 30 heavy (non-hydrogen) atoms. The van der Waals surface area contributed by atoms with Crippen molar-refractivity contribution in [2.45, 2.75) is 48.4 Å². The zero-order valence-electron chi connectivity index (χ0n) is 16.5. The van der Waals surface area contributed by atoms with Gasteiger partial charge in [0.15, 0.2) is 21.4 Å². The molecule has 3 atom stereocenters. The number of rotatable bonds is 5. The van der Waals surface area contributed by atoms with Gasteiger partial charge in [-0.1, -0.05) is 18.5 Å². The molecule has 0 radical (unpaired) electrons. The van der Waals surface area contributed by atoms with Crippen LogP contribution in [-0.2, 0) is 19.3 Å². The van der Waals surface area contributed by atoms with Crippen LogP contribution in [0.5, 0.6) is 5.75 Å². The Bertz CT molecular complexity index is 1040. The van der Waals surface area contributed by atoms with E-state index in [0.717, 1.165) is 18.6 Å². The molecule has 2 aliphatic rings. The molecule has 2 aromatic carbocycles. The first-order valence-corrected chi connectivity index (χ1v) is 11.9. The second-order valence-corrected chi connectivity index (χ2v) is 10.4.